The van der Waals surface area contributed by atoms with Crippen molar-refractivity contribution in [2.24, 2.45) is 17.3 Å². The van der Waals surface area contributed by atoms with Crippen molar-refractivity contribution < 1.29 is 27.6 Å². The molecule has 3 fully saturated rings. The zero-order valence-electron chi connectivity index (χ0n) is 24.1. The van der Waals surface area contributed by atoms with E-state index in [1.165, 1.54) is 28.5 Å². The molecule has 3 aromatic rings. The summed E-state index contributed by atoms with van der Waals surface area (Å²) >= 11 is 1.30. The standard InChI is InChI=1S/C30H32F3N5O3S/c1-15-10-17(12-30(31,32)33)35-24(21(15)26(39)37-9-8-36(5)13-16(37)2)19-6-7-34-20-11-18(42-25(19)20)14-38-27(40)22-23(28(38)41)29(22,3)4/h6-7,10-11,16,22-23H,8-9,12-14H2,1-5H3/t16-,22?,23?/m0/s1. The Kier molecular flexibility index (Phi) is 6.73. The largest absolute Gasteiger partial charge is 0.394 e. The second kappa shape index (κ2) is 9.84. The van der Waals surface area contributed by atoms with Crippen LogP contribution < -0.4 is 0 Å². The molecule has 1 aliphatic carbocycles. The van der Waals surface area contributed by atoms with Gasteiger partial charge in [-0.05, 0) is 50.1 Å². The van der Waals surface area contributed by atoms with Crippen molar-refractivity contribution in [3.05, 3.63) is 46.1 Å². The molecule has 0 spiro atoms. The van der Waals surface area contributed by atoms with Crippen molar-refractivity contribution in [2.45, 2.75) is 52.9 Å². The molecule has 5 heterocycles. The Hall–Kier alpha value is -3.38. The molecule has 0 bridgehead atoms. The van der Waals surface area contributed by atoms with Gasteiger partial charge in [0, 0.05) is 42.3 Å². The van der Waals surface area contributed by atoms with Gasteiger partial charge in [-0.2, -0.15) is 13.2 Å². The number of carbonyl (C=O) groups excluding carboxylic acids is 3. The fraction of sp³-hybridized carbons (Fsp3) is 0.500. The number of amides is 3. The third-order valence-corrected chi connectivity index (χ3v) is 10.0. The number of aromatic nitrogens is 2. The Labute approximate surface area is 245 Å². The number of rotatable bonds is 5. The highest BCUT2D eigenvalue weighted by atomic mass is 32.1. The van der Waals surface area contributed by atoms with Crippen LogP contribution >= 0.6 is 11.3 Å². The van der Waals surface area contributed by atoms with E-state index in [9.17, 15) is 27.6 Å². The molecular weight excluding hydrogens is 567 g/mol. The number of likely N-dealkylation sites (N-methyl/N-ethyl adjacent to an activating group) is 1. The van der Waals surface area contributed by atoms with E-state index in [0.717, 1.165) is 4.88 Å². The lowest BCUT2D eigenvalue weighted by Gasteiger charge is -2.38. The van der Waals surface area contributed by atoms with Crippen LogP contribution in [0.15, 0.2) is 24.4 Å². The topological polar surface area (TPSA) is 86.7 Å². The number of carbonyl (C=O) groups is 3. The molecule has 3 atom stereocenters. The number of halogens is 3. The van der Waals surface area contributed by atoms with Crippen molar-refractivity contribution in [2.75, 3.05) is 26.7 Å². The Morgan fingerprint density at radius 3 is 2.48 bits per heavy atom. The summed E-state index contributed by atoms with van der Waals surface area (Å²) in [4.78, 5) is 54.7. The number of likely N-dealkylation sites (tertiary alicyclic amines) is 1. The van der Waals surface area contributed by atoms with Gasteiger partial charge in [0.15, 0.2) is 0 Å². The summed E-state index contributed by atoms with van der Waals surface area (Å²) in [6, 6.07) is 4.71. The minimum Gasteiger partial charge on any atom is -0.333 e. The average molecular weight is 600 g/mol. The normalized spacial score (nSPS) is 24.0. The number of imide groups is 1. The fourth-order valence-corrected chi connectivity index (χ4v) is 7.77. The molecule has 2 aliphatic heterocycles. The van der Waals surface area contributed by atoms with Gasteiger partial charge in [-0.1, -0.05) is 13.8 Å². The van der Waals surface area contributed by atoms with E-state index < -0.39 is 12.6 Å². The van der Waals surface area contributed by atoms with Gasteiger partial charge in [0.25, 0.3) is 5.91 Å². The van der Waals surface area contributed by atoms with Crippen LogP contribution in [0.2, 0.25) is 0 Å². The molecule has 8 nitrogen and oxygen atoms in total. The maximum Gasteiger partial charge on any atom is 0.394 e. The Balaban J connectivity index is 1.42. The molecule has 222 valence electrons. The number of piperidine rings is 1. The Morgan fingerprint density at radius 1 is 1.14 bits per heavy atom. The zero-order valence-corrected chi connectivity index (χ0v) is 24.9. The highest BCUT2D eigenvalue weighted by molar-refractivity contribution is 7.19. The summed E-state index contributed by atoms with van der Waals surface area (Å²) in [6.07, 6.45) is -4.15. The molecule has 1 saturated carbocycles. The Bertz CT molecular complexity index is 1610. The number of nitrogens with zero attached hydrogens (tertiary/aromatic N) is 5. The highest BCUT2D eigenvalue weighted by Crippen LogP contribution is 2.63. The Morgan fingerprint density at radius 2 is 1.83 bits per heavy atom. The van der Waals surface area contributed by atoms with Crippen LogP contribution in [-0.4, -0.2) is 81.3 Å². The summed E-state index contributed by atoms with van der Waals surface area (Å²) in [5, 5.41) is 0. The van der Waals surface area contributed by atoms with Gasteiger partial charge in [-0.3, -0.25) is 29.3 Å². The van der Waals surface area contributed by atoms with E-state index in [2.05, 4.69) is 14.9 Å². The van der Waals surface area contributed by atoms with Gasteiger partial charge in [-0.15, -0.1) is 11.3 Å². The molecule has 3 aliphatic rings. The number of thiophene rings is 1. The quantitative estimate of drug-likeness (QED) is 0.396. The predicted octanol–water partition coefficient (Wildman–Crippen LogP) is 4.69. The van der Waals surface area contributed by atoms with Gasteiger partial charge in [0.1, 0.15) is 0 Å². The van der Waals surface area contributed by atoms with Crippen molar-refractivity contribution >= 4 is 39.3 Å². The maximum atomic E-state index is 14.0. The molecule has 3 aromatic heterocycles. The lowest BCUT2D eigenvalue weighted by Crippen LogP contribution is -2.53. The molecule has 2 unspecified atom stereocenters. The van der Waals surface area contributed by atoms with Crippen molar-refractivity contribution in [1.82, 2.24) is 24.7 Å². The number of hydrogen-bond acceptors (Lipinski definition) is 7. The number of pyridine rings is 2. The predicted molar refractivity (Wildman–Crippen MR) is 152 cm³/mol. The summed E-state index contributed by atoms with van der Waals surface area (Å²) in [5.74, 6) is -1.20. The van der Waals surface area contributed by atoms with E-state index >= 15 is 0 Å². The lowest BCUT2D eigenvalue weighted by molar-refractivity contribution is -0.143. The highest BCUT2D eigenvalue weighted by Gasteiger charge is 2.72. The fourth-order valence-electron chi connectivity index (χ4n) is 6.65. The first-order valence-electron chi connectivity index (χ1n) is 14.0. The van der Waals surface area contributed by atoms with Gasteiger partial charge in [0.2, 0.25) is 11.8 Å². The molecule has 0 radical (unpaired) electrons. The van der Waals surface area contributed by atoms with Gasteiger partial charge in [-0.25, -0.2) is 0 Å². The van der Waals surface area contributed by atoms with Gasteiger partial charge >= 0.3 is 6.18 Å². The average Bonchev–Trinajstić information content (AvgIpc) is 3.13. The third kappa shape index (κ3) is 4.78. The molecule has 12 heteroatoms. The molecule has 2 saturated heterocycles. The van der Waals surface area contributed by atoms with Crippen LogP contribution in [0.3, 0.4) is 0 Å². The van der Waals surface area contributed by atoms with Crippen LogP contribution in [0.1, 0.15) is 47.3 Å². The molecule has 3 amide bonds. The van der Waals surface area contributed by atoms with Crippen LogP contribution in [0.5, 0.6) is 0 Å². The van der Waals surface area contributed by atoms with Gasteiger partial charge in [0.05, 0.1) is 52.0 Å². The number of piperazine rings is 1. The van der Waals surface area contributed by atoms with E-state index in [0.29, 0.717) is 41.0 Å². The third-order valence-electron chi connectivity index (χ3n) is 8.88. The maximum absolute atomic E-state index is 14.0. The number of hydrogen-bond donors (Lipinski definition) is 0. The first-order valence-corrected chi connectivity index (χ1v) is 14.8. The summed E-state index contributed by atoms with van der Waals surface area (Å²) in [5.41, 5.74) is 1.45. The van der Waals surface area contributed by atoms with Crippen LogP contribution in [0.25, 0.3) is 21.5 Å². The number of alkyl halides is 3. The van der Waals surface area contributed by atoms with Crippen molar-refractivity contribution in [1.29, 1.82) is 0 Å². The first kappa shape index (κ1) is 28.7. The second-order valence-electron chi connectivity index (χ2n) is 12.4. The molecule has 6 rings (SSSR count). The van der Waals surface area contributed by atoms with E-state index in [4.69, 9.17) is 0 Å². The summed E-state index contributed by atoms with van der Waals surface area (Å²) in [6.45, 7) is 9.41. The minimum atomic E-state index is -4.47. The molecule has 42 heavy (non-hydrogen) atoms. The summed E-state index contributed by atoms with van der Waals surface area (Å²) in [7, 11) is 1.98. The van der Waals surface area contributed by atoms with Crippen molar-refractivity contribution in [3.63, 3.8) is 0 Å². The number of aryl methyl sites for hydroxylation is 1. The minimum absolute atomic E-state index is 0.0872. The second-order valence-corrected chi connectivity index (χ2v) is 13.5. The van der Waals surface area contributed by atoms with Crippen LogP contribution in [-0.2, 0) is 22.6 Å². The zero-order chi connectivity index (χ0) is 30.3. The van der Waals surface area contributed by atoms with E-state index in [1.807, 2.05) is 27.8 Å². The van der Waals surface area contributed by atoms with E-state index in [1.54, 1.807) is 24.0 Å². The lowest BCUT2D eigenvalue weighted by atomic mass is 9.98. The monoisotopic (exact) mass is 599 g/mol. The molecule has 0 aromatic carbocycles. The summed E-state index contributed by atoms with van der Waals surface area (Å²) < 4.78 is 41.0. The van der Waals surface area contributed by atoms with Crippen LogP contribution in [0, 0.1) is 24.2 Å². The van der Waals surface area contributed by atoms with Crippen molar-refractivity contribution in [3.8, 4) is 11.3 Å². The van der Waals surface area contributed by atoms with Gasteiger partial charge < -0.3 is 9.80 Å². The first-order chi connectivity index (χ1) is 19.7. The van der Waals surface area contributed by atoms with E-state index in [-0.39, 0.29) is 64.5 Å². The molecule has 0 N–H and O–H groups in total. The number of fused-ring (bicyclic) bond motifs is 2. The van der Waals surface area contributed by atoms with Crippen LogP contribution in [0.4, 0.5) is 13.2 Å². The SMILES string of the molecule is Cc1cc(CC(F)(F)F)nc(-c2ccnc3cc(CN4C(=O)C5C(C4=O)C5(C)C)sc23)c1C(=O)N1CCN(C)C[C@@H]1C. The molecular formula is C30H32F3N5O3S. The smallest absolute Gasteiger partial charge is 0.333 e.